The van der Waals surface area contributed by atoms with Crippen LogP contribution in [0.4, 0.5) is 5.69 Å². The summed E-state index contributed by atoms with van der Waals surface area (Å²) < 4.78 is 30.2. The molecule has 4 aromatic rings. The number of halogens is 3. The van der Waals surface area contributed by atoms with Crippen LogP contribution in [0, 0.1) is 6.92 Å². The zero-order valence-electron chi connectivity index (χ0n) is 26.0. The number of rotatable bonds is 11. The maximum absolute atomic E-state index is 14.6. The molecular formula is C35H36BrCl2N3O4S. The van der Waals surface area contributed by atoms with Gasteiger partial charge in [-0.1, -0.05) is 99.3 Å². The van der Waals surface area contributed by atoms with Crippen molar-refractivity contribution in [2.24, 2.45) is 0 Å². The first-order valence-electron chi connectivity index (χ1n) is 14.6. The van der Waals surface area contributed by atoms with Crippen molar-refractivity contribution in [3.05, 3.63) is 128 Å². The van der Waals surface area contributed by atoms with Gasteiger partial charge in [0.1, 0.15) is 12.6 Å². The van der Waals surface area contributed by atoms with Gasteiger partial charge in [-0.25, -0.2) is 8.42 Å². The van der Waals surface area contributed by atoms with Crippen molar-refractivity contribution >= 4 is 66.7 Å². The second-order valence-corrected chi connectivity index (χ2v) is 15.7. The van der Waals surface area contributed by atoms with Gasteiger partial charge >= 0.3 is 0 Å². The summed E-state index contributed by atoms with van der Waals surface area (Å²) in [7, 11) is -4.28. The van der Waals surface area contributed by atoms with E-state index in [1.807, 2.05) is 82.3 Å². The molecule has 0 aliphatic heterocycles. The molecule has 1 atom stereocenters. The maximum Gasteiger partial charge on any atom is 0.264 e. The molecule has 1 unspecified atom stereocenters. The van der Waals surface area contributed by atoms with Crippen LogP contribution in [0.25, 0.3) is 0 Å². The largest absolute Gasteiger partial charge is 0.350 e. The van der Waals surface area contributed by atoms with E-state index in [0.29, 0.717) is 0 Å². The molecule has 0 aliphatic carbocycles. The van der Waals surface area contributed by atoms with Gasteiger partial charge in [0, 0.05) is 33.0 Å². The summed E-state index contributed by atoms with van der Waals surface area (Å²) in [6, 6.07) is 26.5. The number of hydrogen-bond acceptors (Lipinski definition) is 4. The van der Waals surface area contributed by atoms with Crippen molar-refractivity contribution in [3.63, 3.8) is 0 Å². The number of benzene rings is 4. The fourth-order valence-corrected chi connectivity index (χ4v) is 7.02. The smallest absolute Gasteiger partial charge is 0.264 e. The molecule has 0 fully saturated rings. The Balaban J connectivity index is 1.84. The highest BCUT2D eigenvalue weighted by Gasteiger charge is 2.35. The van der Waals surface area contributed by atoms with Gasteiger partial charge < -0.3 is 10.2 Å². The average Bonchev–Trinajstić information content (AvgIpc) is 2.97. The molecule has 0 aliphatic rings. The van der Waals surface area contributed by atoms with E-state index in [4.69, 9.17) is 23.2 Å². The second kappa shape index (κ2) is 15.0. The Hall–Kier alpha value is -3.37. The number of carbonyl (C=O) groups is 2. The molecule has 0 saturated carbocycles. The van der Waals surface area contributed by atoms with Crippen molar-refractivity contribution < 1.29 is 18.0 Å². The summed E-state index contributed by atoms with van der Waals surface area (Å²) in [5.41, 5.74) is 2.01. The van der Waals surface area contributed by atoms with Crippen LogP contribution in [0.5, 0.6) is 0 Å². The van der Waals surface area contributed by atoms with E-state index in [1.54, 1.807) is 12.1 Å². The lowest BCUT2D eigenvalue weighted by atomic mass is 10.0. The molecule has 46 heavy (non-hydrogen) atoms. The monoisotopic (exact) mass is 743 g/mol. The normalized spacial score (nSPS) is 12.3. The number of amides is 2. The van der Waals surface area contributed by atoms with E-state index >= 15 is 0 Å². The van der Waals surface area contributed by atoms with Crippen LogP contribution in [0.2, 0.25) is 10.0 Å². The third-order valence-corrected chi connectivity index (χ3v) is 9.81. The first-order chi connectivity index (χ1) is 21.6. The van der Waals surface area contributed by atoms with Crippen molar-refractivity contribution in [1.29, 1.82) is 0 Å². The standard InChI is InChI=1S/C35H36BrCl2N3O4S/c1-24-10-16-31(17-11-24)46(44,45)41(30-20-28(37)19-29(38)21-30)23-33(42)40(22-26-12-14-27(36)15-13-26)32(34(43)39-35(2,3)4)18-25-8-6-5-7-9-25/h5-17,19-21,32H,18,22-23H2,1-4H3,(H,39,43). The summed E-state index contributed by atoms with van der Waals surface area (Å²) >= 11 is 16.1. The Labute approximate surface area is 289 Å². The molecule has 11 heteroatoms. The van der Waals surface area contributed by atoms with E-state index in [2.05, 4.69) is 21.2 Å². The highest BCUT2D eigenvalue weighted by molar-refractivity contribution is 9.10. The minimum atomic E-state index is -4.28. The predicted molar refractivity (Wildman–Crippen MR) is 189 cm³/mol. The highest BCUT2D eigenvalue weighted by atomic mass is 79.9. The summed E-state index contributed by atoms with van der Waals surface area (Å²) in [5, 5.41) is 3.44. The van der Waals surface area contributed by atoms with Gasteiger partial charge in [-0.3, -0.25) is 13.9 Å². The number of anilines is 1. The Morgan fingerprint density at radius 2 is 1.43 bits per heavy atom. The minimum absolute atomic E-state index is 0.00670. The van der Waals surface area contributed by atoms with E-state index in [0.717, 1.165) is 25.5 Å². The lowest BCUT2D eigenvalue weighted by Crippen LogP contribution is -2.56. The number of carbonyl (C=O) groups excluding carboxylic acids is 2. The summed E-state index contributed by atoms with van der Waals surface area (Å²) in [5.74, 6) is -0.944. The van der Waals surface area contributed by atoms with Crippen molar-refractivity contribution in [2.45, 2.75) is 57.1 Å². The van der Waals surface area contributed by atoms with Gasteiger partial charge in [0.25, 0.3) is 10.0 Å². The van der Waals surface area contributed by atoms with E-state index in [1.165, 1.54) is 35.2 Å². The first-order valence-corrected chi connectivity index (χ1v) is 17.6. The topological polar surface area (TPSA) is 86.8 Å². The van der Waals surface area contributed by atoms with Crippen LogP contribution in [0.1, 0.15) is 37.5 Å². The number of hydrogen-bond donors (Lipinski definition) is 1. The van der Waals surface area contributed by atoms with Crippen molar-refractivity contribution in [3.8, 4) is 0 Å². The number of sulfonamides is 1. The van der Waals surface area contributed by atoms with E-state index in [9.17, 15) is 18.0 Å². The molecule has 0 spiro atoms. The lowest BCUT2D eigenvalue weighted by molar-refractivity contribution is -0.140. The van der Waals surface area contributed by atoms with Crippen LogP contribution in [0.15, 0.2) is 106 Å². The third-order valence-electron chi connectivity index (χ3n) is 7.06. The molecule has 2 amide bonds. The van der Waals surface area contributed by atoms with Crippen LogP contribution < -0.4 is 9.62 Å². The van der Waals surface area contributed by atoms with Crippen molar-refractivity contribution in [1.82, 2.24) is 10.2 Å². The van der Waals surface area contributed by atoms with Crippen LogP contribution in [0.3, 0.4) is 0 Å². The quantitative estimate of drug-likeness (QED) is 0.170. The molecule has 0 aromatic heterocycles. The second-order valence-electron chi connectivity index (χ2n) is 12.0. The zero-order chi connectivity index (χ0) is 33.6. The third kappa shape index (κ3) is 9.58. The predicted octanol–water partition coefficient (Wildman–Crippen LogP) is 7.81. The molecule has 4 aromatic carbocycles. The molecule has 0 saturated heterocycles. The van der Waals surface area contributed by atoms with Gasteiger partial charge in [0.15, 0.2) is 0 Å². The minimum Gasteiger partial charge on any atom is -0.350 e. The molecule has 0 heterocycles. The van der Waals surface area contributed by atoms with Gasteiger partial charge in [0.2, 0.25) is 11.8 Å². The number of aryl methyl sites for hydroxylation is 1. The SMILES string of the molecule is Cc1ccc(S(=O)(=O)N(CC(=O)N(Cc2ccc(Br)cc2)C(Cc2ccccc2)C(=O)NC(C)(C)C)c2cc(Cl)cc(Cl)c2)cc1. The first kappa shape index (κ1) is 35.5. The van der Waals surface area contributed by atoms with E-state index < -0.39 is 34.1 Å². The molecule has 1 N–H and O–H groups in total. The van der Waals surface area contributed by atoms with E-state index in [-0.39, 0.29) is 39.5 Å². The highest BCUT2D eigenvalue weighted by Crippen LogP contribution is 2.30. The fraction of sp³-hybridized carbons (Fsp3) is 0.257. The molecule has 0 bridgehead atoms. The maximum atomic E-state index is 14.6. The summed E-state index contributed by atoms with van der Waals surface area (Å²) in [6.07, 6.45) is 0.207. The summed E-state index contributed by atoms with van der Waals surface area (Å²) in [4.78, 5) is 30.0. The Bertz CT molecular complexity index is 1760. The summed E-state index contributed by atoms with van der Waals surface area (Å²) in [6.45, 7) is 6.88. The van der Waals surface area contributed by atoms with Crippen LogP contribution in [-0.2, 0) is 32.6 Å². The Kier molecular flexibility index (Phi) is 11.6. The zero-order valence-corrected chi connectivity index (χ0v) is 29.9. The van der Waals surface area contributed by atoms with Gasteiger partial charge in [-0.15, -0.1) is 0 Å². The Morgan fingerprint density at radius 1 is 0.848 bits per heavy atom. The number of nitrogens with zero attached hydrogens (tertiary/aromatic N) is 2. The Morgan fingerprint density at radius 3 is 2.00 bits per heavy atom. The number of nitrogens with one attached hydrogen (secondary N) is 1. The molecule has 242 valence electrons. The molecule has 7 nitrogen and oxygen atoms in total. The van der Waals surface area contributed by atoms with Gasteiger partial charge in [-0.2, -0.15) is 0 Å². The molecule has 4 rings (SSSR count). The lowest BCUT2D eigenvalue weighted by Gasteiger charge is -2.35. The van der Waals surface area contributed by atoms with Crippen LogP contribution in [-0.4, -0.2) is 43.3 Å². The van der Waals surface area contributed by atoms with Crippen LogP contribution >= 0.6 is 39.1 Å². The molecule has 0 radical (unpaired) electrons. The average molecular weight is 746 g/mol. The molecular weight excluding hydrogens is 709 g/mol. The van der Waals surface area contributed by atoms with Crippen molar-refractivity contribution in [2.75, 3.05) is 10.8 Å². The van der Waals surface area contributed by atoms with Gasteiger partial charge in [0.05, 0.1) is 10.6 Å². The fourth-order valence-electron chi connectivity index (χ4n) is 4.84. The van der Waals surface area contributed by atoms with Gasteiger partial charge in [-0.05, 0) is 81.3 Å².